The van der Waals surface area contributed by atoms with Gasteiger partial charge in [-0.05, 0) is 36.8 Å². The summed E-state index contributed by atoms with van der Waals surface area (Å²) in [5.74, 6) is 1.91. The first kappa shape index (κ1) is 13.6. The fraction of sp³-hybridized carbons (Fsp3) is 0.333. The lowest BCUT2D eigenvalue weighted by Gasteiger charge is -2.14. The molecular weight excluding hydrogens is 264 g/mol. The van der Waals surface area contributed by atoms with Gasteiger partial charge in [-0.15, -0.1) is 0 Å². The van der Waals surface area contributed by atoms with Crippen LogP contribution in [0.2, 0.25) is 0 Å². The van der Waals surface area contributed by atoms with Gasteiger partial charge in [0.1, 0.15) is 5.82 Å². The van der Waals surface area contributed by atoms with Crippen molar-refractivity contribution in [3.63, 3.8) is 0 Å². The number of H-pyrrole nitrogens is 2. The van der Waals surface area contributed by atoms with Crippen LogP contribution in [0.25, 0.3) is 0 Å². The molecule has 0 aliphatic carbocycles. The number of ether oxygens (including phenoxy) is 2. The Balaban J connectivity index is 2.34. The molecule has 0 saturated carbocycles. The number of hydrogen-bond donors (Lipinski definition) is 3. The SMILES string of the molecule is CCOc1cc(C(N)c2nc(=S)[nH][nH]2)ccc1OC. The molecule has 1 heterocycles. The number of hydrogen-bond acceptors (Lipinski definition) is 5. The number of aromatic nitrogens is 3. The summed E-state index contributed by atoms with van der Waals surface area (Å²) in [6.07, 6.45) is 0. The van der Waals surface area contributed by atoms with E-state index < -0.39 is 6.04 Å². The van der Waals surface area contributed by atoms with Crippen LogP contribution in [0.1, 0.15) is 24.4 Å². The summed E-state index contributed by atoms with van der Waals surface area (Å²) in [7, 11) is 1.60. The van der Waals surface area contributed by atoms with E-state index in [0.29, 0.717) is 28.7 Å². The molecule has 2 aromatic rings. The minimum Gasteiger partial charge on any atom is -0.493 e. The summed E-state index contributed by atoms with van der Waals surface area (Å²) < 4.78 is 11.1. The average Bonchev–Trinajstić information content (AvgIpc) is 2.85. The largest absolute Gasteiger partial charge is 0.493 e. The van der Waals surface area contributed by atoms with Gasteiger partial charge >= 0.3 is 0 Å². The third-order valence-electron chi connectivity index (χ3n) is 2.66. The zero-order valence-electron chi connectivity index (χ0n) is 10.8. The second kappa shape index (κ2) is 5.85. The molecule has 1 unspecified atom stereocenters. The lowest BCUT2D eigenvalue weighted by molar-refractivity contribution is 0.310. The molecule has 4 N–H and O–H groups in total. The summed E-state index contributed by atoms with van der Waals surface area (Å²) in [6.45, 7) is 2.47. The minimum absolute atomic E-state index is 0.379. The van der Waals surface area contributed by atoms with Gasteiger partial charge in [-0.1, -0.05) is 6.07 Å². The Kier molecular flexibility index (Phi) is 4.18. The van der Waals surface area contributed by atoms with Gasteiger partial charge in [-0.25, -0.2) is 4.98 Å². The summed E-state index contributed by atoms with van der Waals surface area (Å²) in [6, 6.07) is 5.13. The van der Waals surface area contributed by atoms with Gasteiger partial charge in [-0.2, -0.15) is 0 Å². The van der Waals surface area contributed by atoms with Gasteiger partial charge in [0.05, 0.1) is 19.8 Å². The van der Waals surface area contributed by atoms with Crippen molar-refractivity contribution in [1.82, 2.24) is 15.2 Å². The van der Waals surface area contributed by atoms with Crippen molar-refractivity contribution in [2.24, 2.45) is 5.73 Å². The number of nitrogens with two attached hydrogens (primary N) is 1. The summed E-state index contributed by atoms with van der Waals surface area (Å²) in [5.41, 5.74) is 6.99. The molecule has 1 atom stereocenters. The monoisotopic (exact) mass is 280 g/mol. The predicted octanol–water partition coefficient (Wildman–Crippen LogP) is 1.92. The average molecular weight is 280 g/mol. The van der Waals surface area contributed by atoms with Crippen LogP contribution in [0.3, 0.4) is 0 Å². The molecule has 0 bridgehead atoms. The number of methoxy groups -OCH3 is 1. The first-order valence-electron chi connectivity index (χ1n) is 5.86. The lowest BCUT2D eigenvalue weighted by Crippen LogP contribution is -2.14. The van der Waals surface area contributed by atoms with Crippen molar-refractivity contribution in [2.45, 2.75) is 13.0 Å². The van der Waals surface area contributed by atoms with Crippen molar-refractivity contribution in [2.75, 3.05) is 13.7 Å². The molecule has 7 heteroatoms. The number of rotatable bonds is 5. The zero-order valence-corrected chi connectivity index (χ0v) is 11.6. The van der Waals surface area contributed by atoms with Crippen molar-refractivity contribution in [3.8, 4) is 11.5 Å². The molecule has 1 aromatic carbocycles. The molecule has 0 aliphatic rings. The normalized spacial score (nSPS) is 12.2. The number of benzene rings is 1. The third-order valence-corrected chi connectivity index (χ3v) is 2.85. The van der Waals surface area contributed by atoms with Crippen molar-refractivity contribution in [1.29, 1.82) is 0 Å². The van der Waals surface area contributed by atoms with E-state index in [-0.39, 0.29) is 0 Å². The molecule has 0 saturated heterocycles. The highest BCUT2D eigenvalue weighted by Gasteiger charge is 2.15. The number of nitrogens with one attached hydrogen (secondary N) is 2. The molecule has 1 aromatic heterocycles. The minimum atomic E-state index is -0.405. The molecule has 19 heavy (non-hydrogen) atoms. The Labute approximate surface area is 115 Å². The van der Waals surface area contributed by atoms with E-state index in [9.17, 15) is 0 Å². The predicted molar refractivity (Wildman–Crippen MR) is 74.0 cm³/mol. The topological polar surface area (TPSA) is 89.0 Å². The van der Waals surface area contributed by atoms with Crippen molar-refractivity contribution < 1.29 is 9.47 Å². The van der Waals surface area contributed by atoms with E-state index in [1.54, 1.807) is 7.11 Å². The second-order valence-electron chi connectivity index (χ2n) is 3.87. The van der Waals surface area contributed by atoms with Gasteiger partial charge in [-0.3, -0.25) is 10.2 Å². The highest BCUT2D eigenvalue weighted by Crippen LogP contribution is 2.30. The molecule has 0 fully saturated rings. The van der Waals surface area contributed by atoms with Gasteiger partial charge in [0, 0.05) is 0 Å². The Hall–Kier alpha value is -1.86. The van der Waals surface area contributed by atoms with Gasteiger partial charge in [0.2, 0.25) is 4.77 Å². The van der Waals surface area contributed by atoms with Gasteiger partial charge in [0.25, 0.3) is 0 Å². The molecule has 0 radical (unpaired) electrons. The van der Waals surface area contributed by atoms with E-state index in [1.807, 2.05) is 25.1 Å². The smallest absolute Gasteiger partial charge is 0.213 e. The molecule has 6 nitrogen and oxygen atoms in total. The van der Waals surface area contributed by atoms with Crippen LogP contribution in [0, 0.1) is 4.77 Å². The van der Waals surface area contributed by atoms with Crippen LogP contribution in [-0.4, -0.2) is 28.9 Å². The molecule has 102 valence electrons. The third kappa shape index (κ3) is 2.94. The van der Waals surface area contributed by atoms with Gasteiger partial charge < -0.3 is 15.2 Å². The Bertz CT molecular complexity index is 608. The Morgan fingerprint density at radius 3 is 2.74 bits per heavy atom. The highest BCUT2D eigenvalue weighted by molar-refractivity contribution is 7.71. The second-order valence-corrected chi connectivity index (χ2v) is 4.26. The number of nitrogens with zero attached hydrogens (tertiary/aromatic N) is 1. The van der Waals surface area contributed by atoms with Gasteiger partial charge in [0.15, 0.2) is 11.5 Å². The van der Waals surface area contributed by atoms with E-state index >= 15 is 0 Å². The molecule has 0 aliphatic heterocycles. The number of aromatic amines is 2. The van der Waals surface area contributed by atoms with E-state index in [1.165, 1.54) is 0 Å². The van der Waals surface area contributed by atoms with Crippen molar-refractivity contribution >= 4 is 12.2 Å². The van der Waals surface area contributed by atoms with E-state index in [4.69, 9.17) is 27.4 Å². The van der Waals surface area contributed by atoms with Crippen LogP contribution in [0.4, 0.5) is 0 Å². The maximum Gasteiger partial charge on any atom is 0.213 e. The molecule has 0 amide bonds. The molecule has 2 rings (SSSR count). The van der Waals surface area contributed by atoms with Crippen molar-refractivity contribution in [3.05, 3.63) is 34.4 Å². The summed E-state index contributed by atoms with van der Waals surface area (Å²) in [5, 5.41) is 5.57. The maximum absolute atomic E-state index is 6.13. The van der Waals surface area contributed by atoms with Crippen LogP contribution in [-0.2, 0) is 0 Å². The lowest BCUT2D eigenvalue weighted by atomic mass is 10.1. The van der Waals surface area contributed by atoms with Crippen LogP contribution in [0.15, 0.2) is 18.2 Å². The molecular formula is C12H16N4O2S. The van der Waals surface area contributed by atoms with E-state index in [0.717, 1.165) is 5.56 Å². The maximum atomic E-state index is 6.13. The molecule has 0 spiro atoms. The standard InChI is InChI=1S/C12H16N4O2S/c1-3-18-9-6-7(4-5-8(9)17-2)10(13)11-14-12(19)16-15-11/h4-6,10H,3,13H2,1-2H3,(H2,14,15,16,19). The summed E-state index contributed by atoms with van der Waals surface area (Å²) in [4.78, 5) is 4.11. The van der Waals surface area contributed by atoms with Crippen LogP contribution < -0.4 is 15.2 Å². The van der Waals surface area contributed by atoms with E-state index in [2.05, 4.69) is 15.2 Å². The fourth-order valence-electron chi connectivity index (χ4n) is 1.74. The first-order valence-corrected chi connectivity index (χ1v) is 6.27. The Morgan fingerprint density at radius 2 is 2.16 bits per heavy atom. The van der Waals surface area contributed by atoms with Crippen LogP contribution >= 0.6 is 12.2 Å². The van der Waals surface area contributed by atoms with Crippen LogP contribution in [0.5, 0.6) is 11.5 Å². The Morgan fingerprint density at radius 1 is 1.37 bits per heavy atom. The fourth-order valence-corrected chi connectivity index (χ4v) is 1.89. The quantitative estimate of drug-likeness (QED) is 0.728. The summed E-state index contributed by atoms with van der Waals surface area (Å²) >= 11 is 4.91. The zero-order chi connectivity index (χ0) is 13.8. The highest BCUT2D eigenvalue weighted by atomic mass is 32.1. The first-order chi connectivity index (χ1) is 9.15.